The van der Waals surface area contributed by atoms with Gasteiger partial charge in [0.05, 0.1) is 13.2 Å². The third-order valence-electron chi connectivity index (χ3n) is 7.60. The van der Waals surface area contributed by atoms with Crippen LogP contribution < -0.4 is 15.2 Å². The number of nitrogens with one attached hydrogen (secondary N) is 1. The van der Waals surface area contributed by atoms with Crippen molar-refractivity contribution >= 4 is 16.6 Å². The number of rotatable bonds is 5. The number of benzene rings is 2. The molecule has 1 fully saturated rings. The molecule has 0 unspecified atom stereocenters. The lowest BCUT2D eigenvalue weighted by Crippen LogP contribution is -2.39. The zero-order chi connectivity index (χ0) is 23.9. The van der Waals surface area contributed by atoms with Crippen molar-refractivity contribution in [3.05, 3.63) is 75.8 Å². The van der Waals surface area contributed by atoms with Crippen molar-refractivity contribution in [3.63, 3.8) is 0 Å². The van der Waals surface area contributed by atoms with E-state index in [1.165, 1.54) is 24.8 Å². The molecule has 0 bridgehead atoms. The first kappa shape index (κ1) is 21.8. The van der Waals surface area contributed by atoms with E-state index in [4.69, 9.17) is 4.74 Å². The Hall–Kier alpha value is -3.68. The van der Waals surface area contributed by atoms with E-state index >= 15 is 0 Å². The van der Waals surface area contributed by atoms with Crippen LogP contribution in [0.15, 0.2) is 53.3 Å². The maximum absolute atomic E-state index is 13.6. The van der Waals surface area contributed by atoms with Gasteiger partial charge < -0.3 is 14.6 Å². The molecule has 1 aliphatic carbocycles. The Morgan fingerprint density at radius 1 is 1.09 bits per heavy atom. The average Bonchev–Trinajstić information content (AvgIpc) is 3.50. The van der Waals surface area contributed by atoms with Crippen molar-refractivity contribution in [2.45, 2.75) is 63.6 Å². The van der Waals surface area contributed by atoms with Gasteiger partial charge in [-0.15, -0.1) is 5.10 Å². The summed E-state index contributed by atoms with van der Waals surface area (Å²) in [5.41, 5.74) is 3.71. The molecule has 0 amide bonds. The van der Waals surface area contributed by atoms with E-state index in [-0.39, 0.29) is 17.6 Å². The molecule has 0 spiro atoms. The van der Waals surface area contributed by atoms with Crippen LogP contribution in [0.2, 0.25) is 0 Å². The number of hydrogen-bond acceptors (Lipinski definition) is 6. The van der Waals surface area contributed by atoms with Crippen LogP contribution in [0, 0.1) is 0 Å². The van der Waals surface area contributed by atoms with Gasteiger partial charge in [-0.25, -0.2) is 4.68 Å². The number of fused-ring (bicyclic) bond motifs is 2. The lowest BCUT2D eigenvalue weighted by Gasteiger charge is -2.34. The number of ether oxygens (including phenoxy) is 1. The first-order valence-electron chi connectivity index (χ1n) is 12.5. The summed E-state index contributed by atoms with van der Waals surface area (Å²) in [5.74, 6) is 1.48. The van der Waals surface area contributed by atoms with Crippen LogP contribution >= 0.6 is 0 Å². The SMILES string of the molecule is COc1ccc2[nH]c(=O)c([C@@H](c3nnnn3C3CCCCC3)N3c4ccccc4C[C@H]3C)cc2c1. The monoisotopic (exact) mass is 470 g/mol. The second-order valence-corrected chi connectivity index (χ2v) is 9.77. The highest BCUT2D eigenvalue weighted by Crippen LogP contribution is 2.42. The highest BCUT2D eigenvalue weighted by molar-refractivity contribution is 5.81. The molecule has 2 aromatic carbocycles. The fourth-order valence-corrected chi connectivity index (χ4v) is 5.89. The second-order valence-electron chi connectivity index (χ2n) is 9.77. The minimum Gasteiger partial charge on any atom is -0.497 e. The Labute approximate surface area is 203 Å². The summed E-state index contributed by atoms with van der Waals surface area (Å²) in [4.78, 5) is 19.0. The summed E-state index contributed by atoms with van der Waals surface area (Å²) in [6, 6.07) is 16.1. The van der Waals surface area contributed by atoms with Crippen molar-refractivity contribution < 1.29 is 4.74 Å². The zero-order valence-electron chi connectivity index (χ0n) is 20.1. The number of aromatic nitrogens is 5. The number of hydrogen-bond donors (Lipinski definition) is 1. The number of para-hydroxylation sites is 1. The highest BCUT2D eigenvalue weighted by atomic mass is 16.5. The van der Waals surface area contributed by atoms with E-state index in [0.717, 1.165) is 47.4 Å². The van der Waals surface area contributed by atoms with E-state index in [1.807, 2.05) is 28.9 Å². The van der Waals surface area contributed by atoms with Crippen LogP contribution in [-0.4, -0.2) is 38.3 Å². The fraction of sp³-hybridized carbons (Fsp3) is 0.407. The van der Waals surface area contributed by atoms with Crippen molar-refractivity contribution in [1.29, 1.82) is 0 Å². The third-order valence-corrected chi connectivity index (χ3v) is 7.60. The lowest BCUT2D eigenvalue weighted by molar-refractivity contribution is 0.312. The number of anilines is 1. The van der Waals surface area contributed by atoms with Gasteiger partial charge in [0.15, 0.2) is 5.82 Å². The summed E-state index contributed by atoms with van der Waals surface area (Å²) in [5, 5.41) is 14.0. The third kappa shape index (κ3) is 3.77. The summed E-state index contributed by atoms with van der Waals surface area (Å²) >= 11 is 0. The first-order valence-corrected chi connectivity index (χ1v) is 12.5. The van der Waals surface area contributed by atoms with E-state index in [9.17, 15) is 4.79 Å². The number of aromatic amines is 1. The molecule has 8 nitrogen and oxygen atoms in total. The molecule has 3 heterocycles. The molecule has 2 atom stereocenters. The molecule has 1 aliphatic heterocycles. The first-order chi connectivity index (χ1) is 17.1. The zero-order valence-corrected chi connectivity index (χ0v) is 20.1. The van der Waals surface area contributed by atoms with Crippen molar-refractivity contribution in [1.82, 2.24) is 25.2 Å². The predicted octanol–water partition coefficient (Wildman–Crippen LogP) is 4.57. The highest BCUT2D eigenvalue weighted by Gasteiger charge is 2.38. The Bertz CT molecular complexity index is 1420. The summed E-state index contributed by atoms with van der Waals surface area (Å²) in [7, 11) is 1.65. The van der Waals surface area contributed by atoms with Gasteiger partial charge in [0, 0.05) is 28.2 Å². The standard InChI is InChI=1S/C27H30N6O2/c1-17-14-18-8-6-7-11-24(18)32(17)25(26-29-30-31-33(26)20-9-4-3-5-10-20)22-16-19-15-21(35-2)12-13-23(19)28-27(22)34/h6-8,11-13,15-17,20,25H,3-5,9-10,14H2,1-2H3,(H,28,34)/t17-,25+/m1/s1. The molecule has 1 N–H and O–H groups in total. The fourth-order valence-electron chi connectivity index (χ4n) is 5.89. The molecule has 0 saturated heterocycles. The van der Waals surface area contributed by atoms with Gasteiger partial charge in [-0.1, -0.05) is 37.5 Å². The topological polar surface area (TPSA) is 88.9 Å². The number of H-pyrrole nitrogens is 1. The van der Waals surface area contributed by atoms with E-state index in [2.05, 4.69) is 56.6 Å². The van der Waals surface area contributed by atoms with E-state index in [1.54, 1.807) is 7.11 Å². The van der Waals surface area contributed by atoms with Crippen LogP contribution in [0.1, 0.15) is 68.1 Å². The molecule has 35 heavy (non-hydrogen) atoms. The van der Waals surface area contributed by atoms with Crippen LogP contribution in [-0.2, 0) is 6.42 Å². The molecular formula is C27H30N6O2. The van der Waals surface area contributed by atoms with Gasteiger partial charge in [0.25, 0.3) is 5.56 Å². The van der Waals surface area contributed by atoms with Crippen LogP contribution in [0.5, 0.6) is 5.75 Å². The van der Waals surface area contributed by atoms with Gasteiger partial charge >= 0.3 is 0 Å². The Balaban J connectivity index is 1.56. The van der Waals surface area contributed by atoms with Crippen molar-refractivity contribution in [2.24, 2.45) is 0 Å². The maximum Gasteiger partial charge on any atom is 0.254 e. The Kier molecular flexibility index (Phi) is 5.51. The Morgan fingerprint density at radius 3 is 2.74 bits per heavy atom. The molecule has 1 saturated carbocycles. The average molecular weight is 471 g/mol. The van der Waals surface area contributed by atoms with E-state index in [0.29, 0.717) is 5.56 Å². The molecule has 0 radical (unpaired) electrons. The summed E-state index contributed by atoms with van der Waals surface area (Å²) in [6.45, 7) is 2.21. The minimum absolute atomic E-state index is 0.123. The molecule has 6 rings (SSSR count). The van der Waals surface area contributed by atoms with E-state index < -0.39 is 6.04 Å². The molecular weight excluding hydrogens is 440 g/mol. The smallest absolute Gasteiger partial charge is 0.254 e. The lowest BCUT2D eigenvalue weighted by atomic mass is 9.95. The molecule has 4 aromatic rings. The quantitative estimate of drug-likeness (QED) is 0.460. The number of pyridine rings is 1. The number of tetrazole rings is 1. The van der Waals surface area contributed by atoms with Crippen LogP contribution in [0.3, 0.4) is 0 Å². The number of nitrogens with zero attached hydrogens (tertiary/aromatic N) is 5. The summed E-state index contributed by atoms with van der Waals surface area (Å²) < 4.78 is 7.44. The van der Waals surface area contributed by atoms with Gasteiger partial charge in [0.1, 0.15) is 11.8 Å². The molecule has 2 aromatic heterocycles. The van der Waals surface area contributed by atoms with Gasteiger partial charge in [-0.3, -0.25) is 4.79 Å². The van der Waals surface area contributed by atoms with Crippen molar-refractivity contribution in [3.8, 4) is 5.75 Å². The Morgan fingerprint density at radius 2 is 1.91 bits per heavy atom. The molecule has 2 aliphatic rings. The minimum atomic E-state index is -0.412. The predicted molar refractivity (Wildman–Crippen MR) is 135 cm³/mol. The number of methoxy groups -OCH3 is 1. The van der Waals surface area contributed by atoms with Crippen molar-refractivity contribution in [2.75, 3.05) is 12.0 Å². The molecule has 8 heteroatoms. The van der Waals surface area contributed by atoms with Crippen LogP contribution in [0.4, 0.5) is 5.69 Å². The maximum atomic E-state index is 13.6. The van der Waals surface area contributed by atoms with Crippen LogP contribution in [0.25, 0.3) is 10.9 Å². The summed E-state index contributed by atoms with van der Waals surface area (Å²) in [6.07, 6.45) is 6.63. The largest absolute Gasteiger partial charge is 0.497 e. The van der Waals surface area contributed by atoms with Gasteiger partial charge in [-0.2, -0.15) is 0 Å². The molecule has 180 valence electrons. The normalized spacial score (nSPS) is 19.1. The van der Waals surface area contributed by atoms with Gasteiger partial charge in [0.2, 0.25) is 0 Å². The van der Waals surface area contributed by atoms with Gasteiger partial charge in [-0.05, 0) is 72.5 Å². The second kappa shape index (κ2) is 8.83.